The van der Waals surface area contributed by atoms with Crippen LogP contribution in [0.4, 0.5) is 0 Å². The SMILES string of the molecule is O=C(c1cnn2cc(-c3ccncc3)ccc12)N1CCc2[nH]cnc2[C@H]1c1cc2ccccc2cn1. The summed E-state index contributed by atoms with van der Waals surface area (Å²) in [5.74, 6) is -0.0877. The van der Waals surface area contributed by atoms with Crippen LogP contribution in [0.1, 0.15) is 33.5 Å². The molecule has 0 radical (unpaired) electrons. The summed E-state index contributed by atoms with van der Waals surface area (Å²) < 4.78 is 1.76. The number of amides is 1. The summed E-state index contributed by atoms with van der Waals surface area (Å²) in [4.78, 5) is 32.6. The van der Waals surface area contributed by atoms with E-state index < -0.39 is 0 Å². The Morgan fingerprint density at radius 1 is 0.944 bits per heavy atom. The van der Waals surface area contributed by atoms with Crippen LogP contribution in [0, 0.1) is 0 Å². The summed E-state index contributed by atoms with van der Waals surface area (Å²) in [5.41, 5.74) is 6.04. The van der Waals surface area contributed by atoms with Crippen molar-refractivity contribution in [3.05, 3.63) is 115 Å². The van der Waals surface area contributed by atoms with Crippen LogP contribution in [0.5, 0.6) is 0 Å². The number of pyridine rings is 3. The first kappa shape index (κ1) is 20.5. The number of fused-ring (bicyclic) bond motifs is 3. The van der Waals surface area contributed by atoms with Gasteiger partial charge in [0.05, 0.1) is 35.0 Å². The van der Waals surface area contributed by atoms with Crippen molar-refractivity contribution < 1.29 is 4.79 Å². The van der Waals surface area contributed by atoms with Crippen molar-refractivity contribution in [2.75, 3.05) is 6.54 Å². The second kappa shape index (κ2) is 8.13. The molecule has 0 spiro atoms. The largest absolute Gasteiger partial charge is 0.348 e. The molecule has 5 aromatic heterocycles. The summed E-state index contributed by atoms with van der Waals surface area (Å²) in [6, 6.07) is 17.6. The summed E-state index contributed by atoms with van der Waals surface area (Å²) in [6.45, 7) is 0.555. The van der Waals surface area contributed by atoms with Crippen LogP contribution in [0.25, 0.3) is 27.4 Å². The first-order valence-corrected chi connectivity index (χ1v) is 11.8. The van der Waals surface area contributed by atoms with Crippen molar-refractivity contribution in [2.24, 2.45) is 0 Å². The van der Waals surface area contributed by atoms with Gasteiger partial charge < -0.3 is 9.88 Å². The van der Waals surface area contributed by atoms with Gasteiger partial charge in [0.25, 0.3) is 5.91 Å². The van der Waals surface area contributed by atoms with Crippen LogP contribution in [0.2, 0.25) is 0 Å². The zero-order chi connectivity index (χ0) is 24.1. The highest BCUT2D eigenvalue weighted by Crippen LogP contribution is 2.35. The molecule has 0 fully saturated rings. The molecule has 36 heavy (non-hydrogen) atoms. The van der Waals surface area contributed by atoms with E-state index in [1.165, 1.54) is 0 Å². The molecule has 7 rings (SSSR count). The number of imidazole rings is 1. The van der Waals surface area contributed by atoms with Gasteiger partial charge in [-0.15, -0.1) is 0 Å². The molecule has 6 heterocycles. The van der Waals surface area contributed by atoms with E-state index >= 15 is 0 Å². The van der Waals surface area contributed by atoms with Gasteiger partial charge in [-0.2, -0.15) is 5.10 Å². The molecule has 1 aliphatic heterocycles. The van der Waals surface area contributed by atoms with Gasteiger partial charge in [-0.1, -0.05) is 30.3 Å². The molecule has 1 aromatic carbocycles. The van der Waals surface area contributed by atoms with E-state index in [2.05, 4.69) is 32.2 Å². The van der Waals surface area contributed by atoms with Crippen molar-refractivity contribution in [3.8, 4) is 11.1 Å². The van der Waals surface area contributed by atoms with Gasteiger partial charge in [0.1, 0.15) is 6.04 Å². The molecule has 1 N–H and O–H groups in total. The fourth-order valence-corrected chi connectivity index (χ4v) is 5.06. The van der Waals surface area contributed by atoms with Crippen molar-refractivity contribution in [2.45, 2.75) is 12.5 Å². The maximum absolute atomic E-state index is 14.0. The predicted octanol–water partition coefficient (Wildman–Crippen LogP) is 4.46. The minimum Gasteiger partial charge on any atom is -0.348 e. The third-order valence-corrected chi connectivity index (χ3v) is 6.88. The van der Waals surface area contributed by atoms with Gasteiger partial charge in [-0.05, 0) is 35.2 Å². The smallest absolute Gasteiger partial charge is 0.258 e. The second-order valence-corrected chi connectivity index (χ2v) is 8.92. The number of nitrogens with zero attached hydrogens (tertiary/aromatic N) is 6. The van der Waals surface area contributed by atoms with E-state index in [4.69, 9.17) is 4.98 Å². The van der Waals surface area contributed by atoms with E-state index in [0.717, 1.165) is 44.5 Å². The Morgan fingerprint density at radius 3 is 2.69 bits per heavy atom. The van der Waals surface area contributed by atoms with Crippen LogP contribution >= 0.6 is 0 Å². The van der Waals surface area contributed by atoms with Crippen LogP contribution < -0.4 is 0 Å². The molecule has 0 saturated carbocycles. The zero-order valence-corrected chi connectivity index (χ0v) is 19.2. The molecule has 0 aliphatic carbocycles. The second-order valence-electron chi connectivity index (χ2n) is 8.92. The molecule has 1 atom stereocenters. The Balaban J connectivity index is 1.30. The average Bonchev–Trinajstić information content (AvgIpc) is 3.59. The lowest BCUT2D eigenvalue weighted by Gasteiger charge is -2.34. The standard InChI is InChI=1S/C28H21N7O/c36-28(22-15-33-35-16-21(5-6-25(22)35)18-7-10-29-11-8-18)34-12-9-23-26(32-17-31-23)27(34)24-13-19-3-1-2-4-20(19)14-30-24/h1-8,10-11,13-17,27H,9,12H2,(H,31,32)/t27-/m1/s1. The first-order chi connectivity index (χ1) is 17.8. The first-order valence-electron chi connectivity index (χ1n) is 11.8. The number of carbonyl (C=O) groups excluding carboxylic acids is 1. The Labute approximate surface area is 206 Å². The van der Waals surface area contributed by atoms with Crippen molar-refractivity contribution in [1.29, 1.82) is 0 Å². The number of benzene rings is 1. The maximum atomic E-state index is 14.0. The molecular formula is C28H21N7O. The average molecular weight is 472 g/mol. The van der Waals surface area contributed by atoms with Crippen molar-refractivity contribution in [3.63, 3.8) is 0 Å². The fraction of sp³-hybridized carbons (Fsp3) is 0.107. The summed E-state index contributed by atoms with van der Waals surface area (Å²) >= 11 is 0. The van der Waals surface area contributed by atoms with Crippen molar-refractivity contribution in [1.82, 2.24) is 34.4 Å². The fourth-order valence-electron chi connectivity index (χ4n) is 5.06. The van der Waals surface area contributed by atoms with Gasteiger partial charge in [-0.3, -0.25) is 14.8 Å². The van der Waals surface area contributed by atoms with E-state index in [0.29, 0.717) is 18.5 Å². The normalized spacial score (nSPS) is 15.3. The number of hydrogen-bond donors (Lipinski definition) is 1. The lowest BCUT2D eigenvalue weighted by molar-refractivity contribution is 0.0689. The molecule has 6 aromatic rings. The number of H-pyrrole nitrogens is 1. The molecular weight excluding hydrogens is 450 g/mol. The Morgan fingerprint density at radius 2 is 1.81 bits per heavy atom. The molecule has 1 amide bonds. The molecule has 8 heteroatoms. The summed E-state index contributed by atoms with van der Waals surface area (Å²) in [5, 5.41) is 6.65. The van der Waals surface area contributed by atoms with Gasteiger partial charge in [0.15, 0.2) is 0 Å². The van der Waals surface area contributed by atoms with Crippen LogP contribution in [-0.4, -0.2) is 46.9 Å². The molecule has 174 valence electrons. The highest BCUT2D eigenvalue weighted by atomic mass is 16.2. The topological polar surface area (TPSA) is 92.1 Å². The molecule has 1 aliphatic rings. The Hall–Kier alpha value is -4.85. The van der Waals surface area contributed by atoms with Crippen LogP contribution in [0.15, 0.2) is 91.9 Å². The molecule has 0 unspecified atom stereocenters. The minimum absolute atomic E-state index is 0.0877. The maximum Gasteiger partial charge on any atom is 0.258 e. The predicted molar refractivity (Wildman–Crippen MR) is 135 cm³/mol. The third-order valence-electron chi connectivity index (χ3n) is 6.88. The molecule has 0 saturated heterocycles. The van der Waals surface area contributed by atoms with Gasteiger partial charge in [-0.25, -0.2) is 9.50 Å². The van der Waals surface area contributed by atoms with Crippen molar-refractivity contribution >= 4 is 22.2 Å². The molecule has 0 bridgehead atoms. The van der Waals surface area contributed by atoms with Crippen LogP contribution in [-0.2, 0) is 6.42 Å². The minimum atomic E-state index is -0.386. The van der Waals surface area contributed by atoms with E-state index in [-0.39, 0.29) is 11.9 Å². The van der Waals surface area contributed by atoms with E-state index in [1.54, 1.807) is 29.4 Å². The highest BCUT2D eigenvalue weighted by molar-refractivity contribution is 6.01. The summed E-state index contributed by atoms with van der Waals surface area (Å²) in [6.07, 6.45) is 11.4. The number of carbonyl (C=O) groups is 1. The number of rotatable bonds is 3. The lowest BCUT2D eigenvalue weighted by Crippen LogP contribution is -2.41. The highest BCUT2D eigenvalue weighted by Gasteiger charge is 2.36. The number of nitrogens with one attached hydrogen (secondary N) is 1. The van der Waals surface area contributed by atoms with Gasteiger partial charge in [0.2, 0.25) is 0 Å². The van der Waals surface area contributed by atoms with E-state index in [9.17, 15) is 4.79 Å². The third kappa shape index (κ3) is 3.26. The summed E-state index contributed by atoms with van der Waals surface area (Å²) in [7, 11) is 0. The van der Waals surface area contributed by atoms with Crippen LogP contribution in [0.3, 0.4) is 0 Å². The monoisotopic (exact) mass is 471 g/mol. The van der Waals surface area contributed by atoms with Gasteiger partial charge in [0, 0.05) is 54.4 Å². The number of aromatic nitrogens is 6. The quantitative estimate of drug-likeness (QED) is 0.412. The lowest BCUT2D eigenvalue weighted by atomic mass is 9.97. The number of hydrogen-bond acceptors (Lipinski definition) is 5. The number of aromatic amines is 1. The zero-order valence-electron chi connectivity index (χ0n) is 19.2. The molecule has 8 nitrogen and oxygen atoms in total. The Kier molecular flexibility index (Phi) is 4.63. The van der Waals surface area contributed by atoms with E-state index in [1.807, 2.05) is 59.8 Å². The Bertz CT molecular complexity index is 1740. The van der Waals surface area contributed by atoms with Gasteiger partial charge >= 0.3 is 0 Å².